The number of rotatable bonds is 6. The first-order chi connectivity index (χ1) is 7.83. The van der Waals surface area contributed by atoms with Crippen LogP contribution in [0.1, 0.15) is 26.2 Å². The van der Waals surface area contributed by atoms with E-state index in [1.165, 1.54) is 12.8 Å². The van der Waals surface area contributed by atoms with Gasteiger partial charge in [0.05, 0.1) is 12.4 Å². The Balaban J connectivity index is 2.08. The smallest absolute Gasteiger partial charge is 0.149 e. The lowest BCUT2D eigenvalue weighted by Crippen LogP contribution is -2.27. The highest BCUT2D eigenvalue weighted by Crippen LogP contribution is 2.31. The SMILES string of the molecule is CCCN(CC1CC1)c1cncc(NC)n1. The molecule has 1 aromatic rings. The summed E-state index contributed by atoms with van der Waals surface area (Å²) in [5, 5.41) is 3.03. The van der Waals surface area contributed by atoms with Gasteiger partial charge in [0.25, 0.3) is 0 Å². The second kappa shape index (κ2) is 5.14. The molecule has 4 nitrogen and oxygen atoms in total. The third-order valence-corrected chi connectivity index (χ3v) is 2.87. The van der Waals surface area contributed by atoms with Gasteiger partial charge >= 0.3 is 0 Å². The average Bonchev–Trinajstić information content (AvgIpc) is 3.12. The molecule has 0 atom stereocenters. The number of nitrogens with zero attached hydrogens (tertiary/aromatic N) is 3. The predicted octanol–water partition coefficient (Wildman–Crippen LogP) is 2.14. The Kier molecular flexibility index (Phi) is 3.59. The minimum atomic E-state index is 0.842. The van der Waals surface area contributed by atoms with Crippen LogP contribution in [0.25, 0.3) is 0 Å². The van der Waals surface area contributed by atoms with Crippen molar-refractivity contribution in [1.29, 1.82) is 0 Å². The van der Waals surface area contributed by atoms with E-state index >= 15 is 0 Å². The zero-order valence-corrected chi connectivity index (χ0v) is 10.1. The Morgan fingerprint density at radius 2 is 2.25 bits per heavy atom. The van der Waals surface area contributed by atoms with Gasteiger partial charge in [0, 0.05) is 20.1 Å². The summed E-state index contributed by atoms with van der Waals surface area (Å²) in [6.45, 7) is 4.41. The lowest BCUT2D eigenvalue weighted by Gasteiger charge is -2.23. The van der Waals surface area contributed by atoms with Gasteiger partial charge in [-0.25, -0.2) is 4.98 Å². The Labute approximate surface area is 97.1 Å². The van der Waals surface area contributed by atoms with Gasteiger partial charge < -0.3 is 10.2 Å². The third-order valence-electron chi connectivity index (χ3n) is 2.87. The van der Waals surface area contributed by atoms with Crippen molar-refractivity contribution in [3.05, 3.63) is 12.4 Å². The molecule has 16 heavy (non-hydrogen) atoms. The van der Waals surface area contributed by atoms with Crippen LogP contribution in [0.4, 0.5) is 11.6 Å². The van der Waals surface area contributed by atoms with Gasteiger partial charge in [0.2, 0.25) is 0 Å². The number of anilines is 2. The van der Waals surface area contributed by atoms with E-state index in [-0.39, 0.29) is 0 Å². The average molecular weight is 220 g/mol. The zero-order valence-electron chi connectivity index (χ0n) is 10.1. The highest BCUT2D eigenvalue weighted by molar-refractivity contribution is 5.43. The van der Waals surface area contributed by atoms with Crippen LogP contribution in [0.5, 0.6) is 0 Å². The normalized spacial score (nSPS) is 14.9. The van der Waals surface area contributed by atoms with Gasteiger partial charge in [0.1, 0.15) is 11.6 Å². The molecule has 0 aromatic carbocycles. The summed E-state index contributed by atoms with van der Waals surface area (Å²) in [5.74, 6) is 2.72. The van der Waals surface area contributed by atoms with E-state index in [4.69, 9.17) is 0 Å². The molecule has 4 heteroatoms. The molecule has 1 fully saturated rings. The summed E-state index contributed by atoms with van der Waals surface area (Å²) in [6, 6.07) is 0. The standard InChI is InChI=1S/C12H20N4/c1-3-6-16(9-10-4-5-10)12-8-14-7-11(13-2)15-12/h7-8,10H,3-6,9H2,1-2H3,(H,13,15). The Bertz CT molecular complexity index is 336. The van der Waals surface area contributed by atoms with Crippen molar-refractivity contribution in [1.82, 2.24) is 9.97 Å². The summed E-state index contributed by atoms with van der Waals surface area (Å²) in [6.07, 6.45) is 7.51. The van der Waals surface area contributed by atoms with Crippen molar-refractivity contribution in [3.8, 4) is 0 Å². The van der Waals surface area contributed by atoms with E-state index in [2.05, 4.69) is 27.1 Å². The fraction of sp³-hybridized carbons (Fsp3) is 0.667. The second-order valence-corrected chi connectivity index (χ2v) is 4.40. The van der Waals surface area contributed by atoms with E-state index in [0.29, 0.717) is 0 Å². The zero-order chi connectivity index (χ0) is 11.4. The Morgan fingerprint density at radius 1 is 1.44 bits per heavy atom. The molecule has 1 aliphatic carbocycles. The highest BCUT2D eigenvalue weighted by Gasteiger charge is 2.24. The molecule has 0 bridgehead atoms. The maximum absolute atomic E-state index is 4.54. The fourth-order valence-electron chi connectivity index (χ4n) is 1.81. The highest BCUT2D eigenvalue weighted by atomic mass is 15.2. The maximum atomic E-state index is 4.54. The van der Waals surface area contributed by atoms with Gasteiger partial charge in [-0.3, -0.25) is 4.98 Å². The monoisotopic (exact) mass is 220 g/mol. The number of aromatic nitrogens is 2. The van der Waals surface area contributed by atoms with E-state index in [0.717, 1.165) is 37.1 Å². The Morgan fingerprint density at radius 3 is 2.88 bits per heavy atom. The molecule has 1 heterocycles. The first-order valence-corrected chi connectivity index (χ1v) is 6.08. The molecule has 0 unspecified atom stereocenters. The second-order valence-electron chi connectivity index (χ2n) is 4.40. The van der Waals surface area contributed by atoms with Crippen molar-refractivity contribution in [3.63, 3.8) is 0 Å². The number of hydrogen-bond acceptors (Lipinski definition) is 4. The lowest BCUT2D eigenvalue weighted by molar-refractivity contribution is 0.698. The molecular formula is C12H20N4. The molecule has 1 aliphatic rings. The molecule has 1 aromatic heterocycles. The first kappa shape index (κ1) is 11.2. The van der Waals surface area contributed by atoms with Gasteiger partial charge in [-0.15, -0.1) is 0 Å². The number of nitrogens with one attached hydrogen (secondary N) is 1. The molecule has 0 amide bonds. The minimum Gasteiger partial charge on any atom is -0.372 e. The molecule has 0 spiro atoms. The van der Waals surface area contributed by atoms with Crippen LogP contribution in [-0.2, 0) is 0 Å². The predicted molar refractivity (Wildman–Crippen MR) is 66.8 cm³/mol. The van der Waals surface area contributed by atoms with Gasteiger partial charge in [-0.2, -0.15) is 0 Å². The van der Waals surface area contributed by atoms with E-state index < -0.39 is 0 Å². The van der Waals surface area contributed by atoms with Gasteiger partial charge in [-0.1, -0.05) is 6.92 Å². The minimum absolute atomic E-state index is 0.842. The van der Waals surface area contributed by atoms with Crippen LogP contribution in [-0.4, -0.2) is 30.1 Å². The molecule has 88 valence electrons. The molecule has 2 rings (SSSR count). The molecule has 0 aliphatic heterocycles. The lowest BCUT2D eigenvalue weighted by atomic mass is 10.3. The van der Waals surface area contributed by atoms with Crippen LogP contribution < -0.4 is 10.2 Å². The molecule has 1 N–H and O–H groups in total. The van der Waals surface area contributed by atoms with Crippen LogP contribution >= 0.6 is 0 Å². The van der Waals surface area contributed by atoms with Crippen molar-refractivity contribution in [2.24, 2.45) is 5.92 Å². The van der Waals surface area contributed by atoms with Crippen LogP contribution in [0, 0.1) is 5.92 Å². The molecule has 1 saturated carbocycles. The van der Waals surface area contributed by atoms with E-state index in [1.54, 1.807) is 6.20 Å². The third kappa shape index (κ3) is 2.84. The summed E-state index contributed by atoms with van der Waals surface area (Å²) in [4.78, 5) is 11.1. The summed E-state index contributed by atoms with van der Waals surface area (Å²) in [7, 11) is 1.87. The summed E-state index contributed by atoms with van der Waals surface area (Å²) >= 11 is 0. The number of hydrogen-bond donors (Lipinski definition) is 1. The molecule has 0 radical (unpaired) electrons. The van der Waals surface area contributed by atoms with Crippen molar-refractivity contribution >= 4 is 11.6 Å². The quantitative estimate of drug-likeness (QED) is 0.797. The van der Waals surface area contributed by atoms with Crippen molar-refractivity contribution in [2.75, 3.05) is 30.4 Å². The first-order valence-electron chi connectivity index (χ1n) is 6.08. The van der Waals surface area contributed by atoms with Crippen LogP contribution in [0.3, 0.4) is 0 Å². The van der Waals surface area contributed by atoms with Crippen molar-refractivity contribution < 1.29 is 0 Å². The van der Waals surface area contributed by atoms with Crippen LogP contribution in [0.2, 0.25) is 0 Å². The molecular weight excluding hydrogens is 200 g/mol. The summed E-state index contributed by atoms with van der Waals surface area (Å²) in [5.41, 5.74) is 0. The Hall–Kier alpha value is -1.32. The fourth-order valence-corrected chi connectivity index (χ4v) is 1.81. The largest absolute Gasteiger partial charge is 0.372 e. The van der Waals surface area contributed by atoms with Crippen molar-refractivity contribution in [2.45, 2.75) is 26.2 Å². The summed E-state index contributed by atoms with van der Waals surface area (Å²) < 4.78 is 0. The maximum Gasteiger partial charge on any atom is 0.149 e. The topological polar surface area (TPSA) is 41.1 Å². The van der Waals surface area contributed by atoms with Crippen LogP contribution in [0.15, 0.2) is 12.4 Å². The molecule has 0 saturated heterocycles. The van der Waals surface area contributed by atoms with E-state index in [1.807, 2.05) is 13.2 Å². The van der Waals surface area contributed by atoms with Gasteiger partial charge in [-0.05, 0) is 25.2 Å². The van der Waals surface area contributed by atoms with Gasteiger partial charge in [0.15, 0.2) is 0 Å². The van der Waals surface area contributed by atoms with E-state index in [9.17, 15) is 0 Å².